The van der Waals surface area contributed by atoms with E-state index in [4.69, 9.17) is 4.74 Å². The molecule has 0 bridgehead atoms. The summed E-state index contributed by atoms with van der Waals surface area (Å²) in [5.74, 6) is 1.12. The van der Waals surface area contributed by atoms with Crippen LogP contribution >= 0.6 is 23.5 Å². The van der Waals surface area contributed by atoms with Crippen LogP contribution in [0.2, 0.25) is 0 Å². The number of fused-ring (bicyclic) bond motifs is 3. The van der Waals surface area contributed by atoms with Gasteiger partial charge in [0.1, 0.15) is 10.4 Å². The average molecular weight is 391 g/mol. The summed E-state index contributed by atoms with van der Waals surface area (Å²) in [4.78, 5) is 11.0. The van der Waals surface area contributed by atoms with Crippen LogP contribution in [0.5, 0.6) is 5.75 Å². The van der Waals surface area contributed by atoms with Crippen molar-refractivity contribution in [1.29, 1.82) is 0 Å². The van der Waals surface area contributed by atoms with Gasteiger partial charge in [-0.25, -0.2) is 4.68 Å². The number of nitro groups is 1. The number of ether oxygens (including phenoxy) is 1. The van der Waals surface area contributed by atoms with Crippen molar-refractivity contribution in [1.82, 2.24) is 14.9 Å². The highest BCUT2D eigenvalue weighted by Gasteiger charge is 2.42. The second-order valence-electron chi connectivity index (χ2n) is 6.95. The molecule has 1 aromatic carbocycles. The molecule has 1 aromatic heterocycles. The second kappa shape index (κ2) is 5.92. The third kappa shape index (κ3) is 2.55. The van der Waals surface area contributed by atoms with Gasteiger partial charge in [0.15, 0.2) is 11.6 Å². The largest absolute Gasteiger partial charge is 0.490 e. The van der Waals surface area contributed by atoms with Gasteiger partial charge in [0.05, 0.1) is 12.0 Å². The van der Waals surface area contributed by atoms with Crippen LogP contribution in [0.1, 0.15) is 37.5 Å². The molecule has 10 heteroatoms. The van der Waals surface area contributed by atoms with Crippen molar-refractivity contribution in [3.8, 4) is 5.75 Å². The second-order valence-corrected chi connectivity index (χ2v) is 8.89. The fourth-order valence-corrected chi connectivity index (χ4v) is 5.15. The number of nitro benzene ring substituents is 1. The molecule has 136 valence electrons. The zero-order chi connectivity index (χ0) is 18.6. The Balaban J connectivity index is 1.78. The standard InChI is InChI=1S/C16H17N5O3S2/c1-16(2,3)14-17-18-15-20(14)19-12(26-15)8-25-13(19)9-5-6-11(24-4)10(7-9)21(22)23/h5-8,13H,1-4H3. The van der Waals surface area contributed by atoms with E-state index in [0.29, 0.717) is 0 Å². The van der Waals surface area contributed by atoms with E-state index in [-0.39, 0.29) is 22.2 Å². The third-order valence-electron chi connectivity index (χ3n) is 4.12. The summed E-state index contributed by atoms with van der Waals surface area (Å²) in [5, 5.41) is 25.9. The Labute approximate surface area is 158 Å². The maximum absolute atomic E-state index is 11.4. The van der Waals surface area contributed by atoms with E-state index in [9.17, 15) is 10.1 Å². The van der Waals surface area contributed by atoms with Crippen molar-refractivity contribution in [2.24, 2.45) is 0 Å². The van der Waals surface area contributed by atoms with Gasteiger partial charge in [0.2, 0.25) is 5.16 Å². The van der Waals surface area contributed by atoms with Gasteiger partial charge in [0, 0.05) is 16.9 Å². The van der Waals surface area contributed by atoms with Crippen LogP contribution in [0.4, 0.5) is 5.69 Å². The number of nitrogens with zero attached hydrogens (tertiary/aromatic N) is 5. The van der Waals surface area contributed by atoms with Crippen molar-refractivity contribution in [3.63, 3.8) is 0 Å². The molecule has 1 atom stereocenters. The smallest absolute Gasteiger partial charge is 0.311 e. The lowest BCUT2D eigenvalue weighted by Gasteiger charge is -2.28. The first kappa shape index (κ1) is 17.2. The lowest BCUT2D eigenvalue weighted by atomic mass is 9.96. The fraction of sp³-hybridized carbons (Fsp3) is 0.375. The van der Waals surface area contributed by atoms with Gasteiger partial charge < -0.3 is 4.74 Å². The van der Waals surface area contributed by atoms with Crippen LogP contribution in [0, 0.1) is 10.1 Å². The summed E-state index contributed by atoms with van der Waals surface area (Å²) >= 11 is 3.17. The van der Waals surface area contributed by atoms with Gasteiger partial charge in [-0.05, 0) is 23.4 Å². The minimum absolute atomic E-state index is 0.0362. The molecule has 2 aliphatic rings. The molecule has 0 saturated carbocycles. The number of aromatic nitrogens is 3. The molecule has 2 aromatic rings. The van der Waals surface area contributed by atoms with E-state index in [2.05, 4.69) is 41.4 Å². The topological polar surface area (TPSA) is 86.3 Å². The van der Waals surface area contributed by atoms with E-state index < -0.39 is 4.92 Å². The summed E-state index contributed by atoms with van der Waals surface area (Å²) in [6, 6.07) is 5.09. The predicted octanol–water partition coefficient (Wildman–Crippen LogP) is 3.78. The van der Waals surface area contributed by atoms with Crippen LogP contribution in [0.25, 0.3) is 0 Å². The highest BCUT2D eigenvalue weighted by Crippen LogP contribution is 2.52. The average Bonchev–Trinajstić information content (AvgIpc) is 3.24. The molecular formula is C16H17N5O3S2. The van der Waals surface area contributed by atoms with Crippen LogP contribution in [0.3, 0.4) is 0 Å². The minimum Gasteiger partial charge on any atom is -0.490 e. The van der Waals surface area contributed by atoms with Gasteiger partial charge >= 0.3 is 5.69 Å². The first-order valence-electron chi connectivity index (χ1n) is 7.92. The number of hydrogen-bond donors (Lipinski definition) is 0. The Morgan fingerprint density at radius 2 is 2.08 bits per heavy atom. The molecule has 0 radical (unpaired) electrons. The SMILES string of the molecule is COc1ccc(C2SC=C3Sc4nnc(C(C)(C)C)n4N32)cc1[N+](=O)[O-]. The van der Waals surface area contributed by atoms with Gasteiger partial charge in [-0.3, -0.25) is 15.1 Å². The highest BCUT2D eigenvalue weighted by molar-refractivity contribution is 8.07. The monoisotopic (exact) mass is 391 g/mol. The number of hydrogen-bond acceptors (Lipinski definition) is 8. The lowest BCUT2D eigenvalue weighted by molar-refractivity contribution is -0.385. The van der Waals surface area contributed by atoms with Crippen LogP contribution in [-0.2, 0) is 5.41 Å². The van der Waals surface area contributed by atoms with E-state index in [1.165, 1.54) is 7.11 Å². The molecule has 0 saturated heterocycles. The van der Waals surface area contributed by atoms with Crippen LogP contribution in [0.15, 0.2) is 33.8 Å². The van der Waals surface area contributed by atoms with Crippen LogP contribution < -0.4 is 9.75 Å². The molecule has 8 nitrogen and oxygen atoms in total. The Kier molecular flexibility index (Phi) is 3.92. The van der Waals surface area contributed by atoms with Gasteiger partial charge in [-0.15, -0.1) is 10.2 Å². The zero-order valence-electron chi connectivity index (χ0n) is 14.7. The van der Waals surface area contributed by atoms with Crippen molar-refractivity contribution in [2.45, 2.75) is 36.7 Å². The van der Waals surface area contributed by atoms with Gasteiger partial charge in [-0.2, -0.15) is 0 Å². The molecule has 0 fully saturated rings. The normalized spacial score (nSPS) is 18.5. The molecule has 3 heterocycles. The Hall–Kier alpha value is -2.20. The summed E-state index contributed by atoms with van der Waals surface area (Å²) in [5.41, 5.74) is 0.618. The van der Waals surface area contributed by atoms with Crippen molar-refractivity contribution >= 4 is 29.2 Å². The molecule has 0 spiro atoms. The van der Waals surface area contributed by atoms with E-state index in [1.807, 2.05) is 10.7 Å². The van der Waals surface area contributed by atoms with Gasteiger partial charge in [-0.1, -0.05) is 38.6 Å². The van der Waals surface area contributed by atoms with Crippen molar-refractivity contribution < 1.29 is 9.66 Å². The summed E-state index contributed by atoms with van der Waals surface area (Å²) in [6.45, 7) is 6.27. The molecule has 26 heavy (non-hydrogen) atoms. The lowest BCUT2D eigenvalue weighted by Crippen LogP contribution is -2.34. The summed E-state index contributed by atoms with van der Waals surface area (Å²) < 4.78 is 7.14. The van der Waals surface area contributed by atoms with Gasteiger partial charge in [0.25, 0.3) is 0 Å². The molecular weight excluding hydrogens is 374 g/mol. The summed E-state index contributed by atoms with van der Waals surface area (Å²) in [6.07, 6.45) is 0. The number of rotatable bonds is 3. The highest BCUT2D eigenvalue weighted by atomic mass is 32.2. The molecule has 0 N–H and O–H groups in total. The number of methoxy groups -OCH3 is 1. The maximum Gasteiger partial charge on any atom is 0.311 e. The Morgan fingerprint density at radius 3 is 2.73 bits per heavy atom. The molecule has 4 rings (SSSR count). The molecule has 1 unspecified atom stereocenters. The first-order chi connectivity index (χ1) is 12.3. The zero-order valence-corrected chi connectivity index (χ0v) is 16.3. The predicted molar refractivity (Wildman–Crippen MR) is 101 cm³/mol. The summed E-state index contributed by atoms with van der Waals surface area (Å²) in [7, 11) is 1.43. The number of benzene rings is 1. The molecule has 0 amide bonds. The molecule has 2 aliphatic heterocycles. The maximum atomic E-state index is 11.4. The van der Waals surface area contributed by atoms with E-state index in [0.717, 1.165) is 21.6 Å². The van der Waals surface area contributed by atoms with E-state index >= 15 is 0 Å². The third-order valence-corrected chi connectivity index (χ3v) is 6.31. The molecule has 0 aliphatic carbocycles. The van der Waals surface area contributed by atoms with Crippen LogP contribution in [-0.4, -0.2) is 26.9 Å². The van der Waals surface area contributed by atoms with Crippen molar-refractivity contribution in [3.05, 3.63) is 50.1 Å². The first-order valence-corrected chi connectivity index (χ1v) is 9.68. The fourth-order valence-electron chi connectivity index (χ4n) is 2.93. The Bertz CT molecular complexity index is 934. The number of thioether (sulfide) groups is 2. The minimum atomic E-state index is -0.417. The Morgan fingerprint density at radius 1 is 1.31 bits per heavy atom. The van der Waals surface area contributed by atoms with E-state index in [1.54, 1.807) is 35.7 Å². The van der Waals surface area contributed by atoms with Crippen molar-refractivity contribution in [2.75, 3.05) is 12.1 Å². The quantitative estimate of drug-likeness (QED) is 0.577.